The summed E-state index contributed by atoms with van der Waals surface area (Å²) in [6, 6.07) is 17.3. The molecule has 3 rings (SSSR count). The van der Waals surface area contributed by atoms with Crippen molar-refractivity contribution in [3.8, 4) is 5.75 Å². The zero-order chi connectivity index (χ0) is 17.6. The first kappa shape index (κ1) is 17.3. The number of benzene rings is 2. The van der Waals surface area contributed by atoms with Gasteiger partial charge in [0.05, 0.1) is 19.6 Å². The zero-order valence-corrected chi connectivity index (χ0v) is 14.5. The van der Waals surface area contributed by atoms with E-state index in [1.54, 1.807) is 7.11 Å². The first-order valence-electron chi connectivity index (χ1n) is 8.57. The Hall–Kier alpha value is -2.53. The summed E-state index contributed by atoms with van der Waals surface area (Å²) in [5, 5.41) is 10.2. The third-order valence-electron chi connectivity index (χ3n) is 4.62. The van der Waals surface area contributed by atoms with Crippen LogP contribution < -0.4 is 9.64 Å². The number of anilines is 1. The molecule has 0 radical (unpaired) electrons. The van der Waals surface area contributed by atoms with Gasteiger partial charge in [-0.1, -0.05) is 30.3 Å². The number of piperazine rings is 1. The maximum atomic E-state index is 12.4. The third-order valence-corrected chi connectivity index (χ3v) is 4.62. The first-order chi connectivity index (χ1) is 12.2. The van der Waals surface area contributed by atoms with Crippen molar-refractivity contribution in [2.75, 3.05) is 38.2 Å². The number of hydrogen-bond acceptors (Lipinski definition) is 4. The number of rotatable bonds is 5. The van der Waals surface area contributed by atoms with E-state index >= 15 is 0 Å². The van der Waals surface area contributed by atoms with Crippen LogP contribution in [0.25, 0.3) is 0 Å². The van der Waals surface area contributed by atoms with Gasteiger partial charge in [-0.25, -0.2) is 0 Å². The van der Waals surface area contributed by atoms with Gasteiger partial charge in [0.15, 0.2) is 0 Å². The quantitative estimate of drug-likeness (QED) is 0.908. The fourth-order valence-electron chi connectivity index (χ4n) is 3.09. The third kappa shape index (κ3) is 4.31. The molecule has 1 aliphatic rings. The van der Waals surface area contributed by atoms with Crippen LogP contribution in [-0.2, 0) is 4.79 Å². The van der Waals surface area contributed by atoms with Crippen LogP contribution in [0, 0.1) is 0 Å². The number of aliphatic hydroxyl groups excluding tert-OH is 1. The van der Waals surface area contributed by atoms with E-state index in [1.165, 1.54) is 0 Å². The van der Waals surface area contributed by atoms with Gasteiger partial charge >= 0.3 is 0 Å². The second-order valence-electron chi connectivity index (χ2n) is 6.20. The van der Waals surface area contributed by atoms with Crippen LogP contribution in [0.4, 0.5) is 5.69 Å². The van der Waals surface area contributed by atoms with Gasteiger partial charge in [0.25, 0.3) is 0 Å². The Kier molecular flexibility index (Phi) is 5.56. The molecule has 1 saturated heterocycles. The highest BCUT2D eigenvalue weighted by Gasteiger charge is 2.23. The normalized spacial score (nSPS) is 15.8. The molecule has 0 spiro atoms. The molecule has 1 aliphatic heterocycles. The van der Waals surface area contributed by atoms with Crippen molar-refractivity contribution >= 4 is 11.6 Å². The first-order valence-corrected chi connectivity index (χ1v) is 8.57. The van der Waals surface area contributed by atoms with Gasteiger partial charge in [0.2, 0.25) is 5.91 Å². The Labute approximate surface area is 148 Å². The number of nitrogens with zero attached hydrogens (tertiary/aromatic N) is 2. The van der Waals surface area contributed by atoms with Crippen LogP contribution >= 0.6 is 0 Å². The lowest BCUT2D eigenvalue weighted by atomic mass is 10.1. The number of aliphatic hydroxyl groups is 1. The highest BCUT2D eigenvalue weighted by atomic mass is 16.5. The summed E-state index contributed by atoms with van der Waals surface area (Å²) in [6.45, 7) is 2.93. The van der Waals surface area contributed by atoms with Gasteiger partial charge in [0, 0.05) is 31.9 Å². The largest absolute Gasteiger partial charge is 0.497 e. The van der Waals surface area contributed by atoms with Crippen molar-refractivity contribution in [1.82, 2.24) is 4.90 Å². The molecule has 1 amide bonds. The lowest BCUT2D eigenvalue weighted by molar-refractivity contribution is -0.133. The summed E-state index contributed by atoms with van der Waals surface area (Å²) in [5.74, 6) is 0.846. The van der Waals surface area contributed by atoms with Crippen molar-refractivity contribution in [2.45, 2.75) is 12.5 Å². The van der Waals surface area contributed by atoms with Crippen LogP contribution in [0.15, 0.2) is 54.6 Å². The van der Waals surface area contributed by atoms with E-state index in [0.29, 0.717) is 13.1 Å². The molecule has 0 saturated carbocycles. The molecule has 1 fully saturated rings. The van der Waals surface area contributed by atoms with E-state index in [4.69, 9.17) is 4.74 Å². The predicted octanol–water partition coefficient (Wildman–Crippen LogP) is 2.47. The summed E-state index contributed by atoms with van der Waals surface area (Å²) < 4.78 is 5.18. The van der Waals surface area contributed by atoms with Crippen LogP contribution in [-0.4, -0.2) is 49.2 Å². The highest BCUT2D eigenvalue weighted by molar-refractivity contribution is 5.77. The monoisotopic (exact) mass is 340 g/mol. The number of carbonyl (C=O) groups excluding carboxylic acids is 1. The van der Waals surface area contributed by atoms with Gasteiger partial charge in [-0.2, -0.15) is 0 Å². The summed E-state index contributed by atoms with van der Waals surface area (Å²) in [6.07, 6.45) is -0.611. The van der Waals surface area contributed by atoms with Crippen molar-refractivity contribution < 1.29 is 14.6 Å². The van der Waals surface area contributed by atoms with Gasteiger partial charge in [-0.05, 0) is 29.8 Å². The topological polar surface area (TPSA) is 53.0 Å². The van der Waals surface area contributed by atoms with E-state index in [-0.39, 0.29) is 12.3 Å². The average molecular weight is 340 g/mol. The van der Waals surface area contributed by atoms with Crippen LogP contribution in [0.3, 0.4) is 0 Å². The molecule has 5 heteroatoms. The Morgan fingerprint density at radius 1 is 1.04 bits per heavy atom. The van der Waals surface area contributed by atoms with Crippen molar-refractivity contribution in [3.05, 3.63) is 60.2 Å². The summed E-state index contributed by atoms with van der Waals surface area (Å²) >= 11 is 0. The maximum Gasteiger partial charge on any atom is 0.225 e. The summed E-state index contributed by atoms with van der Waals surface area (Å²) in [4.78, 5) is 16.5. The van der Waals surface area contributed by atoms with Crippen molar-refractivity contribution in [1.29, 1.82) is 0 Å². The van der Waals surface area contributed by atoms with Gasteiger partial charge in [-0.3, -0.25) is 4.79 Å². The number of ether oxygens (including phenoxy) is 1. The van der Waals surface area contributed by atoms with E-state index in [2.05, 4.69) is 4.90 Å². The summed E-state index contributed by atoms with van der Waals surface area (Å²) in [7, 11) is 1.66. The van der Waals surface area contributed by atoms with Crippen LogP contribution in [0.1, 0.15) is 18.1 Å². The summed E-state index contributed by atoms with van der Waals surface area (Å²) in [5.41, 5.74) is 1.92. The highest BCUT2D eigenvalue weighted by Crippen LogP contribution is 2.22. The minimum Gasteiger partial charge on any atom is -0.497 e. The Bertz CT molecular complexity index is 680. The van der Waals surface area contributed by atoms with Crippen LogP contribution in [0.5, 0.6) is 5.75 Å². The molecule has 0 aromatic heterocycles. The van der Waals surface area contributed by atoms with E-state index in [0.717, 1.165) is 30.1 Å². The van der Waals surface area contributed by atoms with Crippen molar-refractivity contribution in [3.63, 3.8) is 0 Å². The standard InChI is InChI=1S/C20H24N2O3/c1-25-18-9-7-17(8-10-18)21-11-13-22(14-12-21)20(24)15-19(23)16-5-3-2-4-6-16/h2-10,19,23H,11-15H2,1H3. The fourth-order valence-corrected chi connectivity index (χ4v) is 3.09. The lowest BCUT2D eigenvalue weighted by Crippen LogP contribution is -2.49. The Morgan fingerprint density at radius 3 is 2.28 bits per heavy atom. The number of carbonyl (C=O) groups is 1. The van der Waals surface area contributed by atoms with Crippen molar-refractivity contribution in [2.24, 2.45) is 0 Å². The molecule has 1 unspecified atom stereocenters. The minimum absolute atomic E-state index is 0.00531. The Morgan fingerprint density at radius 2 is 1.68 bits per heavy atom. The second kappa shape index (κ2) is 8.03. The molecule has 2 aromatic carbocycles. The molecular formula is C20H24N2O3. The van der Waals surface area contributed by atoms with E-state index < -0.39 is 6.10 Å². The fraction of sp³-hybridized carbons (Fsp3) is 0.350. The second-order valence-corrected chi connectivity index (χ2v) is 6.20. The molecular weight excluding hydrogens is 316 g/mol. The molecule has 132 valence electrons. The zero-order valence-electron chi connectivity index (χ0n) is 14.5. The molecule has 0 aliphatic carbocycles. The molecule has 0 bridgehead atoms. The molecule has 25 heavy (non-hydrogen) atoms. The SMILES string of the molecule is COc1ccc(N2CCN(C(=O)CC(O)c3ccccc3)CC2)cc1. The smallest absolute Gasteiger partial charge is 0.225 e. The number of amides is 1. The number of hydrogen-bond donors (Lipinski definition) is 1. The molecule has 2 aromatic rings. The van der Waals surface area contributed by atoms with Gasteiger partial charge < -0.3 is 19.6 Å². The predicted molar refractivity (Wildman–Crippen MR) is 97.8 cm³/mol. The number of methoxy groups -OCH3 is 1. The minimum atomic E-state index is -0.742. The van der Waals surface area contributed by atoms with E-state index in [1.807, 2.05) is 59.5 Å². The van der Waals surface area contributed by atoms with Gasteiger partial charge in [0.1, 0.15) is 5.75 Å². The molecule has 5 nitrogen and oxygen atoms in total. The van der Waals surface area contributed by atoms with Crippen LogP contribution in [0.2, 0.25) is 0 Å². The lowest BCUT2D eigenvalue weighted by Gasteiger charge is -2.36. The average Bonchev–Trinajstić information content (AvgIpc) is 2.69. The molecule has 1 N–H and O–H groups in total. The Balaban J connectivity index is 1.52. The molecule has 1 atom stereocenters. The maximum absolute atomic E-state index is 12.4. The van der Waals surface area contributed by atoms with E-state index in [9.17, 15) is 9.90 Å². The molecule has 1 heterocycles. The van der Waals surface area contributed by atoms with Gasteiger partial charge in [-0.15, -0.1) is 0 Å².